The van der Waals surface area contributed by atoms with Crippen LogP contribution < -0.4 is 10.2 Å². The van der Waals surface area contributed by atoms with Gasteiger partial charge in [0.15, 0.2) is 0 Å². The van der Waals surface area contributed by atoms with Crippen LogP contribution in [-0.2, 0) is 27.9 Å². The molecule has 0 bridgehead atoms. The van der Waals surface area contributed by atoms with Gasteiger partial charge in [0.2, 0.25) is 5.91 Å². The van der Waals surface area contributed by atoms with E-state index in [2.05, 4.69) is 92.9 Å². The number of allylic oxidation sites excluding steroid dienone is 13. The van der Waals surface area contributed by atoms with E-state index in [0.29, 0.717) is 23.9 Å². The number of unbranched alkanes of at least 4 members (excludes halogenated alkanes) is 28. The van der Waals surface area contributed by atoms with Gasteiger partial charge in [-0.1, -0.05) is 247 Å². The zero-order valence-corrected chi connectivity index (χ0v) is 51.1. The van der Waals surface area contributed by atoms with E-state index in [-0.39, 0.29) is 18.9 Å². The smallest absolute Gasteiger partial charge is 0.306 e. The van der Waals surface area contributed by atoms with Crippen LogP contribution in [0.2, 0.25) is 0 Å². The maximum absolute atomic E-state index is 13.5. The largest absolute Gasteiger partial charge is 0.756 e. The Morgan fingerprint density at radius 3 is 1.25 bits per heavy atom. The highest BCUT2D eigenvalue weighted by molar-refractivity contribution is 7.45. The van der Waals surface area contributed by atoms with Gasteiger partial charge in [-0.2, -0.15) is 0 Å². The molecule has 0 fully saturated rings. The van der Waals surface area contributed by atoms with Gasteiger partial charge in [0, 0.05) is 12.8 Å². The number of carbonyl (C=O) groups excluding carboxylic acids is 2. The van der Waals surface area contributed by atoms with Gasteiger partial charge < -0.3 is 28.5 Å². The second kappa shape index (κ2) is 55.5. The molecule has 9 nitrogen and oxygen atoms in total. The van der Waals surface area contributed by atoms with Crippen molar-refractivity contribution >= 4 is 19.7 Å². The Bertz CT molecular complexity index is 1580. The molecule has 0 heterocycles. The monoisotopic (exact) mass is 1080 g/mol. The fraction of sp³-hybridized carbons (Fsp3) is 0.758. The number of nitrogens with one attached hydrogen (secondary N) is 1. The maximum Gasteiger partial charge on any atom is 0.306 e. The van der Waals surface area contributed by atoms with E-state index in [1.807, 2.05) is 39.4 Å². The van der Waals surface area contributed by atoms with Crippen LogP contribution in [-0.4, -0.2) is 69.4 Å². The molecule has 10 heteroatoms. The SMILES string of the molecule is CCCCC/C=C\C/C=C\C/C=C\C/C=C\CCCCCCCCCCCC(=O)NC(COP(=O)([O-])OCC[N+](C)(C)C)C(/C=C\CCCCCCCCCCCC)OC(=O)CC/C=C/C/C=C\CCCCCCCC. The summed E-state index contributed by atoms with van der Waals surface area (Å²) in [6.45, 7) is 6.76. The number of amides is 1. The number of hydrogen-bond donors (Lipinski definition) is 1. The maximum atomic E-state index is 13.5. The first-order valence-corrected chi connectivity index (χ1v) is 32.9. The predicted molar refractivity (Wildman–Crippen MR) is 325 cm³/mol. The topological polar surface area (TPSA) is 114 Å². The summed E-state index contributed by atoms with van der Waals surface area (Å²) in [6.07, 6.45) is 72.8. The fourth-order valence-corrected chi connectivity index (χ4v) is 9.40. The van der Waals surface area contributed by atoms with E-state index < -0.39 is 32.5 Å². The Labute approximate surface area is 469 Å². The van der Waals surface area contributed by atoms with Crippen LogP contribution in [0.3, 0.4) is 0 Å². The number of ether oxygens (including phenoxy) is 1. The van der Waals surface area contributed by atoms with Gasteiger partial charge >= 0.3 is 5.97 Å². The van der Waals surface area contributed by atoms with Gasteiger partial charge in [0.25, 0.3) is 7.82 Å². The number of phosphoric ester groups is 1. The lowest BCUT2D eigenvalue weighted by atomic mass is 10.0. The average molecular weight is 1080 g/mol. The first-order valence-electron chi connectivity index (χ1n) is 31.4. The molecule has 1 amide bonds. The van der Waals surface area contributed by atoms with Crippen molar-refractivity contribution in [3.8, 4) is 0 Å². The molecule has 0 aliphatic rings. The molecule has 0 aromatic rings. The van der Waals surface area contributed by atoms with Crippen LogP contribution in [0.5, 0.6) is 0 Å². The van der Waals surface area contributed by atoms with E-state index in [1.54, 1.807) is 0 Å². The third-order valence-electron chi connectivity index (χ3n) is 13.6. The molecule has 0 radical (unpaired) electrons. The molecule has 440 valence electrons. The van der Waals surface area contributed by atoms with Gasteiger partial charge in [-0.05, 0) is 96.0 Å². The van der Waals surface area contributed by atoms with Crippen molar-refractivity contribution in [2.45, 2.75) is 283 Å². The first kappa shape index (κ1) is 73.2. The van der Waals surface area contributed by atoms with Crippen LogP contribution in [0.1, 0.15) is 271 Å². The molecule has 0 rings (SSSR count). The van der Waals surface area contributed by atoms with Gasteiger partial charge in [-0.3, -0.25) is 14.2 Å². The summed E-state index contributed by atoms with van der Waals surface area (Å²) < 4.78 is 30.2. The van der Waals surface area contributed by atoms with Gasteiger partial charge in [-0.25, -0.2) is 0 Å². The van der Waals surface area contributed by atoms with E-state index in [0.717, 1.165) is 83.5 Å². The zero-order chi connectivity index (χ0) is 55.7. The number of phosphoric acid groups is 1. The molecule has 0 aliphatic heterocycles. The summed E-state index contributed by atoms with van der Waals surface area (Å²) in [6, 6.07) is -0.917. The lowest BCUT2D eigenvalue weighted by molar-refractivity contribution is -0.870. The Hall–Kier alpha value is -2.81. The molecule has 0 spiro atoms. The van der Waals surface area contributed by atoms with E-state index in [4.69, 9.17) is 13.8 Å². The van der Waals surface area contributed by atoms with Crippen LogP contribution in [0, 0.1) is 0 Å². The van der Waals surface area contributed by atoms with Gasteiger partial charge in [0.05, 0.1) is 33.8 Å². The van der Waals surface area contributed by atoms with Gasteiger partial charge in [0.1, 0.15) is 19.3 Å². The number of quaternary nitrogens is 1. The quantitative estimate of drug-likeness (QED) is 0.0212. The highest BCUT2D eigenvalue weighted by Crippen LogP contribution is 2.38. The Morgan fingerprint density at radius 1 is 0.461 bits per heavy atom. The zero-order valence-electron chi connectivity index (χ0n) is 50.2. The molecule has 3 unspecified atom stereocenters. The molecular formula is C66H119N2O7P. The summed E-state index contributed by atoms with van der Waals surface area (Å²) in [7, 11) is 1.15. The van der Waals surface area contributed by atoms with Crippen LogP contribution >= 0.6 is 7.82 Å². The van der Waals surface area contributed by atoms with Crippen molar-refractivity contribution in [2.24, 2.45) is 0 Å². The molecule has 0 saturated heterocycles. The molecule has 0 aliphatic carbocycles. The Balaban J connectivity index is 5.20. The summed E-state index contributed by atoms with van der Waals surface area (Å²) in [5, 5.41) is 3.01. The molecular weight excluding hydrogens is 964 g/mol. The Morgan fingerprint density at radius 2 is 0.816 bits per heavy atom. The summed E-state index contributed by atoms with van der Waals surface area (Å²) >= 11 is 0. The predicted octanol–water partition coefficient (Wildman–Crippen LogP) is 18.8. The second-order valence-corrected chi connectivity index (χ2v) is 23.6. The van der Waals surface area contributed by atoms with Crippen molar-refractivity contribution in [1.29, 1.82) is 0 Å². The standard InChI is InChI=1S/C66H119N2O7P/c1-7-10-13-16-19-22-25-28-29-30-31-32-33-34-35-36-37-38-39-41-43-46-49-52-55-58-65(69)67-63(62-74-76(71,72)73-61-60-68(4,5)6)64(57-54-51-48-45-42-27-24-21-18-15-12-9-3)75-66(70)59-56-53-50-47-44-40-26-23-20-17-14-11-8-2/h19,22,28-29,31-32,34-35,40,44,50,53-54,57,63-64H,7-18,20-21,23-27,30,33,36-39,41-43,45-49,51-52,55-56,58-62H2,1-6H3,(H-,67,69,71,72)/b22-19-,29-28-,32-31-,35-34-,44-40-,53-50+,57-54-. The number of likely N-dealkylation sites (N-methyl/N-ethyl adjacent to an activating group) is 1. The highest BCUT2D eigenvalue weighted by Gasteiger charge is 2.27. The van der Waals surface area contributed by atoms with Crippen molar-refractivity contribution in [1.82, 2.24) is 5.32 Å². The van der Waals surface area contributed by atoms with E-state index in [1.165, 1.54) is 148 Å². The van der Waals surface area contributed by atoms with Crippen molar-refractivity contribution < 1.29 is 37.3 Å². The van der Waals surface area contributed by atoms with Crippen molar-refractivity contribution in [3.05, 3.63) is 85.1 Å². The lowest BCUT2D eigenvalue weighted by Gasteiger charge is -2.30. The normalized spacial score (nSPS) is 14.2. The number of nitrogens with zero attached hydrogens (tertiary/aromatic N) is 1. The van der Waals surface area contributed by atoms with Gasteiger partial charge in [-0.15, -0.1) is 0 Å². The number of carbonyl (C=O) groups is 2. The highest BCUT2D eigenvalue weighted by atomic mass is 31.2. The molecule has 0 aromatic heterocycles. The van der Waals surface area contributed by atoms with Crippen LogP contribution in [0.15, 0.2) is 85.1 Å². The van der Waals surface area contributed by atoms with Crippen molar-refractivity contribution in [3.63, 3.8) is 0 Å². The minimum absolute atomic E-state index is 0.0341. The third-order valence-corrected chi connectivity index (χ3v) is 14.5. The van der Waals surface area contributed by atoms with Crippen molar-refractivity contribution in [2.75, 3.05) is 40.9 Å². The van der Waals surface area contributed by atoms with Crippen LogP contribution in [0.4, 0.5) is 0 Å². The second-order valence-electron chi connectivity index (χ2n) is 22.2. The molecule has 1 N–H and O–H groups in total. The molecule has 0 aromatic carbocycles. The number of hydrogen-bond acceptors (Lipinski definition) is 7. The summed E-state index contributed by atoms with van der Waals surface area (Å²) in [5.74, 6) is -0.627. The summed E-state index contributed by atoms with van der Waals surface area (Å²) in [4.78, 5) is 39.9. The minimum atomic E-state index is -4.71. The minimum Gasteiger partial charge on any atom is -0.756 e. The molecule has 76 heavy (non-hydrogen) atoms. The lowest BCUT2D eigenvalue weighted by Crippen LogP contribution is -2.47. The van der Waals surface area contributed by atoms with E-state index >= 15 is 0 Å². The molecule has 3 atom stereocenters. The van der Waals surface area contributed by atoms with Crippen LogP contribution in [0.25, 0.3) is 0 Å². The third kappa shape index (κ3) is 55.9. The first-order chi connectivity index (χ1) is 36.9. The fourth-order valence-electron chi connectivity index (χ4n) is 8.68. The average Bonchev–Trinajstić information content (AvgIpc) is 3.38. The number of esters is 1. The molecule has 0 saturated carbocycles. The van der Waals surface area contributed by atoms with E-state index in [9.17, 15) is 19.0 Å². The number of rotatable bonds is 56. The Kier molecular flexibility index (Phi) is 53.5. The summed E-state index contributed by atoms with van der Waals surface area (Å²) in [5.41, 5.74) is 0.